The van der Waals surface area contributed by atoms with Crippen molar-refractivity contribution in [3.05, 3.63) is 41.7 Å². The lowest BCUT2D eigenvalue weighted by Crippen LogP contribution is -2.41. The number of nitrogens with one attached hydrogen (secondary N) is 1. The molecule has 122 valence electrons. The lowest BCUT2D eigenvalue weighted by molar-refractivity contribution is 0.0211. The zero-order valence-electron chi connectivity index (χ0n) is 13.0. The molecule has 0 saturated carbocycles. The molecule has 7 nitrogen and oxygen atoms in total. The van der Waals surface area contributed by atoms with E-state index in [9.17, 15) is 0 Å². The molecule has 0 spiro atoms. The summed E-state index contributed by atoms with van der Waals surface area (Å²) >= 11 is 0. The molecule has 0 radical (unpaired) electrons. The number of fused-ring (bicyclic) bond motifs is 1. The normalized spacial score (nSPS) is 26.0. The van der Waals surface area contributed by atoms with Gasteiger partial charge in [0.1, 0.15) is 11.8 Å². The molecule has 0 amide bonds. The van der Waals surface area contributed by atoms with Crippen molar-refractivity contribution in [2.45, 2.75) is 31.5 Å². The van der Waals surface area contributed by atoms with Crippen molar-refractivity contribution >= 4 is 0 Å². The first kappa shape index (κ1) is 14.8. The van der Waals surface area contributed by atoms with Crippen molar-refractivity contribution in [2.24, 2.45) is 0 Å². The van der Waals surface area contributed by atoms with Gasteiger partial charge >= 0.3 is 0 Å². The largest absolute Gasteiger partial charge is 0.378 e. The van der Waals surface area contributed by atoms with Crippen molar-refractivity contribution in [2.75, 3.05) is 20.2 Å². The van der Waals surface area contributed by atoms with Gasteiger partial charge in [0.05, 0.1) is 37.3 Å². The summed E-state index contributed by atoms with van der Waals surface area (Å²) in [4.78, 5) is 0. The molecule has 1 N–H and O–H groups in total. The van der Waals surface area contributed by atoms with E-state index in [1.807, 2.05) is 18.3 Å². The molecule has 3 atom stereocenters. The van der Waals surface area contributed by atoms with E-state index in [1.165, 1.54) is 0 Å². The van der Waals surface area contributed by atoms with Gasteiger partial charge in [-0.2, -0.15) is 0 Å². The average molecular weight is 316 g/mol. The molecule has 2 aromatic rings. The Balaban J connectivity index is 1.35. The minimum Gasteiger partial charge on any atom is -0.378 e. The summed E-state index contributed by atoms with van der Waals surface area (Å²) in [5, 5.41) is 11.5. The number of epoxide rings is 1. The molecular weight excluding hydrogens is 296 g/mol. The fourth-order valence-corrected chi connectivity index (χ4v) is 2.87. The number of hydrogen-bond donors (Lipinski definition) is 1. The molecule has 0 aliphatic carbocycles. The van der Waals surface area contributed by atoms with Gasteiger partial charge in [0, 0.05) is 20.2 Å². The molecule has 2 aliphatic rings. The predicted octanol–water partition coefficient (Wildman–Crippen LogP) is 0.669. The zero-order valence-corrected chi connectivity index (χ0v) is 13.0. The van der Waals surface area contributed by atoms with Gasteiger partial charge in [0.15, 0.2) is 0 Å². The third-order valence-electron chi connectivity index (χ3n) is 4.18. The Hall–Kier alpha value is -1.80. The molecule has 0 unspecified atom stereocenters. The van der Waals surface area contributed by atoms with Crippen LogP contribution in [0.4, 0.5) is 0 Å². The molecular formula is C16H20N4O3. The van der Waals surface area contributed by atoms with E-state index in [0.29, 0.717) is 19.3 Å². The number of rotatable bonds is 6. The standard InChI is InChI=1S/C16H20N4O3/c1-21-10-12-8-20(19-18-12)13-4-2-11(3-5-13)9-22-14-6-17-7-15-16(14)23-15/h2-5,8,14-17H,6-7,9-10H2,1H3/t14-,15-,16-/m1/s1. The van der Waals surface area contributed by atoms with Crippen LogP contribution in [0.5, 0.6) is 0 Å². The lowest BCUT2D eigenvalue weighted by Gasteiger charge is -2.20. The van der Waals surface area contributed by atoms with Gasteiger partial charge in [0.2, 0.25) is 0 Å². The number of methoxy groups -OCH3 is 1. The maximum absolute atomic E-state index is 5.97. The Morgan fingerprint density at radius 3 is 2.96 bits per heavy atom. The van der Waals surface area contributed by atoms with Gasteiger partial charge in [-0.1, -0.05) is 17.3 Å². The third-order valence-corrected chi connectivity index (χ3v) is 4.18. The van der Waals surface area contributed by atoms with Crippen molar-refractivity contribution < 1.29 is 14.2 Å². The van der Waals surface area contributed by atoms with Crippen LogP contribution >= 0.6 is 0 Å². The molecule has 7 heteroatoms. The molecule has 2 saturated heterocycles. The average Bonchev–Trinajstić information content (AvgIpc) is 3.24. The molecule has 4 rings (SSSR count). The van der Waals surface area contributed by atoms with Gasteiger partial charge in [-0.25, -0.2) is 4.68 Å². The minimum atomic E-state index is 0.153. The molecule has 0 bridgehead atoms. The first-order chi connectivity index (χ1) is 11.3. The van der Waals surface area contributed by atoms with Crippen LogP contribution in [-0.2, 0) is 27.4 Å². The van der Waals surface area contributed by atoms with E-state index in [-0.39, 0.29) is 12.2 Å². The molecule has 3 heterocycles. The fraction of sp³-hybridized carbons (Fsp3) is 0.500. The number of benzene rings is 1. The molecule has 2 aliphatic heterocycles. The molecule has 1 aromatic heterocycles. The van der Waals surface area contributed by atoms with Crippen LogP contribution < -0.4 is 5.32 Å². The molecule has 23 heavy (non-hydrogen) atoms. The van der Waals surface area contributed by atoms with Crippen molar-refractivity contribution in [1.29, 1.82) is 0 Å². The monoisotopic (exact) mass is 316 g/mol. The second-order valence-corrected chi connectivity index (χ2v) is 5.90. The highest BCUT2D eigenvalue weighted by molar-refractivity contribution is 5.33. The van der Waals surface area contributed by atoms with E-state index in [2.05, 4.69) is 27.8 Å². The third kappa shape index (κ3) is 3.28. The SMILES string of the molecule is COCc1cn(-c2ccc(CO[C@@H]3CNC[C@H]4O[C@H]34)cc2)nn1. The topological polar surface area (TPSA) is 73.7 Å². The first-order valence-corrected chi connectivity index (χ1v) is 7.81. The second kappa shape index (κ2) is 6.37. The Labute approximate surface area is 134 Å². The summed E-state index contributed by atoms with van der Waals surface area (Å²) in [6.07, 6.45) is 2.66. The van der Waals surface area contributed by atoms with Crippen LogP contribution in [0.15, 0.2) is 30.5 Å². The minimum absolute atomic E-state index is 0.153. The number of piperidine rings is 1. The van der Waals surface area contributed by atoms with Crippen LogP contribution in [0.25, 0.3) is 5.69 Å². The van der Waals surface area contributed by atoms with Gasteiger partial charge in [-0.15, -0.1) is 5.10 Å². The summed E-state index contributed by atoms with van der Waals surface area (Å²) in [7, 11) is 1.64. The Morgan fingerprint density at radius 2 is 2.13 bits per heavy atom. The Bertz CT molecular complexity index is 658. The van der Waals surface area contributed by atoms with Crippen molar-refractivity contribution in [3.8, 4) is 5.69 Å². The van der Waals surface area contributed by atoms with E-state index in [4.69, 9.17) is 14.2 Å². The molecule has 2 fully saturated rings. The van der Waals surface area contributed by atoms with E-state index in [1.54, 1.807) is 11.8 Å². The summed E-state index contributed by atoms with van der Waals surface area (Å²) in [6, 6.07) is 8.13. The van der Waals surface area contributed by atoms with Crippen LogP contribution in [0.3, 0.4) is 0 Å². The number of ether oxygens (including phenoxy) is 3. The highest BCUT2D eigenvalue weighted by Gasteiger charge is 2.48. The van der Waals surface area contributed by atoms with Gasteiger partial charge < -0.3 is 19.5 Å². The number of aromatic nitrogens is 3. The second-order valence-electron chi connectivity index (χ2n) is 5.90. The maximum atomic E-state index is 5.97. The Morgan fingerprint density at radius 1 is 1.26 bits per heavy atom. The molecule has 1 aromatic carbocycles. The van der Waals surface area contributed by atoms with Crippen LogP contribution in [0, 0.1) is 0 Å². The summed E-state index contributed by atoms with van der Waals surface area (Å²) in [6.45, 7) is 2.86. The highest BCUT2D eigenvalue weighted by Crippen LogP contribution is 2.29. The lowest BCUT2D eigenvalue weighted by atomic mass is 10.1. The maximum Gasteiger partial charge on any atom is 0.113 e. The van der Waals surface area contributed by atoms with E-state index in [0.717, 1.165) is 30.0 Å². The summed E-state index contributed by atoms with van der Waals surface area (Å²) in [5.74, 6) is 0. The van der Waals surface area contributed by atoms with Crippen LogP contribution in [0.2, 0.25) is 0 Å². The van der Waals surface area contributed by atoms with Crippen LogP contribution in [0.1, 0.15) is 11.3 Å². The summed E-state index contributed by atoms with van der Waals surface area (Å²) < 4.78 is 18.3. The summed E-state index contributed by atoms with van der Waals surface area (Å²) in [5.41, 5.74) is 2.91. The smallest absolute Gasteiger partial charge is 0.113 e. The van der Waals surface area contributed by atoms with Gasteiger partial charge in [-0.05, 0) is 17.7 Å². The van der Waals surface area contributed by atoms with E-state index < -0.39 is 0 Å². The Kier molecular flexibility index (Phi) is 4.09. The number of nitrogens with zero attached hydrogens (tertiary/aromatic N) is 3. The zero-order chi connectivity index (χ0) is 15.6. The fourth-order valence-electron chi connectivity index (χ4n) is 2.87. The predicted molar refractivity (Wildman–Crippen MR) is 82.2 cm³/mol. The number of hydrogen-bond acceptors (Lipinski definition) is 6. The van der Waals surface area contributed by atoms with Gasteiger partial charge in [-0.3, -0.25) is 0 Å². The highest BCUT2D eigenvalue weighted by atomic mass is 16.6. The van der Waals surface area contributed by atoms with Crippen molar-refractivity contribution in [1.82, 2.24) is 20.3 Å². The van der Waals surface area contributed by atoms with Crippen molar-refractivity contribution in [3.63, 3.8) is 0 Å². The van der Waals surface area contributed by atoms with E-state index >= 15 is 0 Å². The van der Waals surface area contributed by atoms with Crippen LogP contribution in [-0.4, -0.2) is 53.5 Å². The first-order valence-electron chi connectivity index (χ1n) is 7.81. The quantitative estimate of drug-likeness (QED) is 0.790. The van der Waals surface area contributed by atoms with Gasteiger partial charge in [0.25, 0.3) is 0 Å².